The fourth-order valence-corrected chi connectivity index (χ4v) is 4.12. The molecule has 104 valence electrons. The fourth-order valence-electron chi connectivity index (χ4n) is 3.19. The van der Waals surface area contributed by atoms with E-state index in [4.69, 9.17) is 0 Å². The Morgan fingerprint density at radius 1 is 1.21 bits per heavy atom. The summed E-state index contributed by atoms with van der Waals surface area (Å²) in [5.41, 5.74) is 0.869. The normalized spacial score (nSPS) is 22.1. The van der Waals surface area contributed by atoms with Crippen molar-refractivity contribution in [3.05, 3.63) is 10.6 Å². The van der Waals surface area contributed by atoms with E-state index in [1.165, 1.54) is 37.0 Å². The second-order valence-electron chi connectivity index (χ2n) is 5.53. The maximum absolute atomic E-state index is 10.9. The number of nitrogens with zero attached hydrogens (tertiary/aromatic N) is 3. The Morgan fingerprint density at radius 3 is 2.47 bits per heavy atom. The number of aromatic nitrogens is 1. The predicted molar refractivity (Wildman–Crippen MR) is 78.3 cm³/mol. The van der Waals surface area contributed by atoms with E-state index in [0.29, 0.717) is 0 Å². The van der Waals surface area contributed by atoms with E-state index < -0.39 is 0 Å². The van der Waals surface area contributed by atoms with Crippen LogP contribution >= 0.6 is 11.3 Å². The van der Waals surface area contributed by atoms with Crippen LogP contribution in [0, 0.1) is 6.92 Å². The van der Waals surface area contributed by atoms with Gasteiger partial charge in [-0.05, 0) is 19.8 Å². The van der Waals surface area contributed by atoms with Crippen LogP contribution in [-0.2, 0) is 0 Å². The molecule has 0 N–H and O–H groups in total. The molecule has 0 aromatic carbocycles. The monoisotopic (exact) mass is 279 g/mol. The number of carbonyl (C=O) groups is 1. The van der Waals surface area contributed by atoms with Gasteiger partial charge in [-0.25, -0.2) is 4.98 Å². The quantitative estimate of drug-likeness (QED) is 0.796. The van der Waals surface area contributed by atoms with Gasteiger partial charge in [0.15, 0.2) is 11.4 Å². The van der Waals surface area contributed by atoms with Crippen LogP contribution in [-0.4, -0.2) is 48.4 Å². The Balaban J connectivity index is 1.61. The minimum absolute atomic E-state index is 0.772. The Morgan fingerprint density at radius 2 is 1.89 bits per heavy atom. The lowest BCUT2D eigenvalue weighted by molar-refractivity contribution is 0.112. The highest BCUT2D eigenvalue weighted by Gasteiger charge is 2.27. The number of hydrogen-bond acceptors (Lipinski definition) is 5. The third kappa shape index (κ3) is 2.67. The van der Waals surface area contributed by atoms with Gasteiger partial charge in [-0.15, -0.1) is 0 Å². The molecule has 1 aromatic heterocycles. The van der Waals surface area contributed by atoms with Crippen molar-refractivity contribution < 1.29 is 4.79 Å². The van der Waals surface area contributed by atoms with Gasteiger partial charge in [0.05, 0.1) is 10.6 Å². The summed E-state index contributed by atoms with van der Waals surface area (Å²) in [5.74, 6) is 0. The number of thiazole rings is 1. The van der Waals surface area contributed by atoms with Crippen LogP contribution in [0.4, 0.5) is 5.13 Å². The third-order valence-electron chi connectivity index (χ3n) is 4.35. The minimum Gasteiger partial charge on any atom is -0.346 e. The van der Waals surface area contributed by atoms with E-state index in [9.17, 15) is 4.79 Å². The smallest absolute Gasteiger partial charge is 0.186 e. The molecule has 0 unspecified atom stereocenters. The molecule has 5 heteroatoms. The molecule has 4 nitrogen and oxygen atoms in total. The Hall–Kier alpha value is -0.940. The maximum Gasteiger partial charge on any atom is 0.186 e. The molecule has 2 heterocycles. The van der Waals surface area contributed by atoms with Crippen LogP contribution in [0.15, 0.2) is 0 Å². The number of piperazine rings is 1. The van der Waals surface area contributed by atoms with Crippen LogP contribution in [0.3, 0.4) is 0 Å². The molecule has 1 aliphatic carbocycles. The molecule has 0 spiro atoms. The first-order chi connectivity index (χ1) is 9.28. The molecular formula is C14H21N3OS. The van der Waals surface area contributed by atoms with Crippen molar-refractivity contribution in [3.63, 3.8) is 0 Å². The number of aryl methyl sites for hydroxylation is 1. The first-order valence-electron chi connectivity index (χ1n) is 7.19. The Kier molecular flexibility index (Phi) is 3.84. The van der Waals surface area contributed by atoms with Gasteiger partial charge in [0.1, 0.15) is 0 Å². The SMILES string of the molecule is Cc1nc(N2CCN(C3CCCC3)CC2)sc1C=O. The van der Waals surface area contributed by atoms with E-state index in [2.05, 4.69) is 14.8 Å². The summed E-state index contributed by atoms with van der Waals surface area (Å²) in [6.07, 6.45) is 6.49. The zero-order valence-corrected chi connectivity index (χ0v) is 12.3. The molecule has 1 aromatic rings. The van der Waals surface area contributed by atoms with Gasteiger partial charge >= 0.3 is 0 Å². The summed E-state index contributed by atoms with van der Waals surface area (Å²) >= 11 is 1.53. The van der Waals surface area contributed by atoms with Crippen LogP contribution in [0.1, 0.15) is 41.0 Å². The summed E-state index contributed by atoms with van der Waals surface area (Å²) in [4.78, 5) is 21.2. The van der Waals surface area contributed by atoms with Gasteiger partial charge in [0.2, 0.25) is 0 Å². The second kappa shape index (κ2) is 5.59. The lowest BCUT2D eigenvalue weighted by Gasteiger charge is -2.37. The molecule has 2 fully saturated rings. The number of carbonyl (C=O) groups excluding carboxylic acids is 1. The molecule has 3 rings (SSSR count). The van der Waals surface area contributed by atoms with Crippen molar-refractivity contribution in [1.82, 2.24) is 9.88 Å². The molecule has 2 aliphatic rings. The van der Waals surface area contributed by atoms with Crippen molar-refractivity contribution in [1.29, 1.82) is 0 Å². The summed E-state index contributed by atoms with van der Waals surface area (Å²) in [7, 11) is 0. The summed E-state index contributed by atoms with van der Waals surface area (Å²) in [6.45, 7) is 6.28. The summed E-state index contributed by atoms with van der Waals surface area (Å²) < 4.78 is 0. The van der Waals surface area contributed by atoms with Crippen LogP contribution < -0.4 is 4.90 Å². The van der Waals surface area contributed by atoms with Crippen molar-refractivity contribution in [2.24, 2.45) is 0 Å². The minimum atomic E-state index is 0.772. The maximum atomic E-state index is 10.9. The first-order valence-corrected chi connectivity index (χ1v) is 8.01. The Bertz CT molecular complexity index is 446. The van der Waals surface area contributed by atoms with Crippen molar-refractivity contribution in [2.45, 2.75) is 38.6 Å². The van der Waals surface area contributed by atoms with Crippen molar-refractivity contribution >= 4 is 22.8 Å². The largest absolute Gasteiger partial charge is 0.346 e. The van der Waals surface area contributed by atoms with Gasteiger partial charge in [-0.1, -0.05) is 24.2 Å². The number of anilines is 1. The standard InChI is InChI=1S/C14H21N3OS/c1-11-13(10-18)19-14(15-11)17-8-6-16(7-9-17)12-4-2-3-5-12/h10,12H,2-9H2,1H3. The lowest BCUT2D eigenvalue weighted by atomic mass is 10.2. The second-order valence-corrected chi connectivity index (χ2v) is 6.53. The first kappa shape index (κ1) is 13.1. The van der Waals surface area contributed by atoms with Crippen molar-refractivity contribution in [3.8, 4) is 0 Å². The highest BCUT2D eigenvalue weighted by atomic mass is 32.1. The molecule has 1 aliphatic heterocycles. The molecule has 0 atom stereocenters. The van der Waals surface area contributed by atoms with E-state index in [1.807, 2.05) is 6.92 Å². The zero-order valence-electron chi connectivity index (χ0n) is 11.5. The highest BCUT2D eigenvalue weighted by molar-refractivity contribution is 7.17. The van der Waals surface area contributed by atoms with Crippen molar-refractivity contribution in [2.75, 3.05) is 31.1 Å². The lowest BCUT2D eigenvalue weighted by Crippen LogP contribution is -2.49. The van der Waals surface area contributed by atoms with Crippen LogP contribution in [0.2, 0.25) is 0 Å². The van der Waals surface area contributed by atoms with Gasteiger partial charge in [0.25, 0.3) is 0 Å². The number of aldehydes is 1. The fraction of sp³-hybridized carbons (Fsp3) is 0.714. The average molecular weight is 279 g/mol. The van der Waals surface area contributed by atoms with Crippen LogP contribution in [0.5, 0.6) is 0 Å². The topological polar surface area (TPSA) is 36.4 Å². The zero-order chi connectivity index (χ0) is 13.2. The van der Waals surface area contributed by atoms with Gasteiger partial charge in [-0.2, -0.15) is 0 Å². The number of rotatable bonds is 3. The molecule has 0 bridgehead atoms. The van der Waals surface area contributed by atoms with E-state index in [1.54, 1.807) is 0 Å². The van der Waals surface area contributed by atoms with Crippen LogP contribution in [0.25, 0.3) is 0 Å². The van der Waals surface area contributed by atoms with Gasteiger partial charge in [0, 0.05) is 32.2 Å². The summed E-state index contributed by atoms with van der Waals surface area (Å²) in [6, 6.07) is 0.825. The molecule has 1 saturated carbocycles. The average Bonchev–Trinajstić information content (AvgIpc) is 3.08. The van der Waals surface area contributed by atoms with E-state index in [0.717, 1.165) is 54.2 Å². The molecule has 1 saturated heterocycles. The number of hydrogen-bond donors (Lipinski definition) is 0. The Labute approximate surface area is 118 Å². The van der Waals surface area contributed by atoms with E-state index >= 15 is 0 Å². The third-order valence-corrected chi connectivity index (χ3v) is 5.50. The molecule has 0 radical (unpaired) electrons. The molecular weight excluding hydrogens is 258 g/mol. The molecule has 0 amide bonds. The van der Waals surface area contributed by atoms with Gasteiger partial charge < -0.3 is 4.90 Å². The summed E-state index contributed by atoms with van der Waals surface area (Å²) in [5, 5.41) is 1.02. The predicted octanol–water partition coefficient (Wildman–Crippen LogP) is 2.33. The molecule has 19 heavy (non-hydrogen) atoms. The van der Waals surface area contributed by atoms with E-state index in [-0.39, 0.29) is 0 Å². The van der Waals surface area contributed by atoms with Gasteiger partial charge in [-0.3, -0.25) is 9.69 Å². The highest BCUT2D eigenvalue weighted by Crippen LogP contribution is 2.28.